The summed E-state index contributed by atoms with van der Waals surface area (Å²) < 4.78 is 33.1. The predicted molar refractivity (Wildman–Crippen MR) is 163 cm³/mol. The van der Waals surface area contributed by atoms with Gasteiger partial charge in [-0.1, -0.05) is 0 Å². The van der Waals surface area contributed by atoms with E-state index in [1.807, 2.05) is 35.3 Å². The molecule has 5 aromatic rings. The Hall–Kier alpha value is -4.79. The van der Waals surface area contributed by atoms with E-state index in [1.165, 1.54) is 42.7 Å². The molecular formula is C33H29NO8Se. The Bertz CT molecular complexity index is 1790. The SMILES string of the molecule is COc1cc(C(=O)c2nc(-c3c(C(=O)c4cc(OC)c(OC)c(OC)c4)ccc4ccccc34)c[se]2)cc(OC)c1OC. The van der Waals surface area contributed by atoms with Crippen molar-refractivity contribution in [2.45, 2.75) is 0 Å². The first-order valence-electron chi connectivity index (χ1n) is 13.1. The van der Waals surface area contributed by atoms with Gasteiger partial charge in [0.25, 0.3) is 0 Å². The van der Waals surface area contributed by atoms with Crippen molar-refractivity contribution in [2.75, 3.05) is 42.7 Å². The third kappa shape index (κ3) is 5.43. The van der Waals surface area contributed by atoms with Gasteiger partial charge in [0.1, 0.15) is 0 Å². The van der Waals surface area contributed by atoms with Crippen LogP contribution in [-0.4, -0.2) is 73.7 Å². The van der Waals surface area contributed by atoms with Crippen molar-refractivity contribution in [1.82, 2.24) is 4.98 Å². The van der Waals surface area contributed by atoms with Crippen molar-refractivity contribution in [1.29, 1.82) is 0 Å². The van der Waals surface area contributed by atoms with Crippen LogP contribution in [0.3, 0.4) is 0 Å². The predicted octanol–water partition coefficient (Wildman–Crippen LogP) is 5.47. The van der Waals surface area contributed by atoms with Crippen LogP contribution in [0.4, 0.5) is 0 Å². The van der Waals surface area contributed by atoms with Crippen molar-refractivity contribution in [3.63, 3.8) is 0 Å². The molecule has 0 N–H and O–H groups in total. The number of methoxy groups -OCH3 is 6. The Morgan fingerprint density at radius 2 is 1.14 bits per heavy atom. The molecule has 0 aliphatic rings. The number of fused-ring (bicyclic) bond motifs is 1. The fourth-order valence-electron chi connectivity index (χ4n) is 4.93. The van der Waals surface area contributed by atoms with Gasteiger partial charge in [-0.2, -0.15) is 0 Å². The maximum atomic E-state index is 14.1. The first kappa shape index (κ1) is 29.7. The fourth-order valence-corrected chi connectivity index (χ4v) is 6.55. The summed E-state index contributed by atoms with van der Waals surface area (Å²) in [6.45, 7) is 0. The van der Waals surface area contributed by atoms with Crippen LogP contribution < -0.4 is 28.4 Å². The van der Waals surface area contributed by atoms with Gasteiger partial charge in [-0.25, -0.2) is 0 Å². The molecule has 10 heteroatoms. The monoisotopic (exact) mass is 647 g/mol. The molecule has 0 fully saturated rings. The molecule has 0 saturated carbocycles. The van der Waals surface area contributed by atoms with E-state index in [0.29, 0.717) is 67.0 Å². The third-order valence-corrected chi connectivity index (χ3v) is 8.75. The molecule has 1 heterocycles. The van der Waals surface area contributed by atoms with Gasteiger partial charge in [-0.05, 0) is 0 Å². The Balaban J connectivity index is 1.64. The van der Waals surface area contributed by atoms with Crippen LogP contribution in [0.25, 0.3) is 22.0 Å². The van der Waals surface area contributed by atoms with Gasteiger partial charge in [0.15, 0.2) is 0 Å². The van der Waals surface area contributed by atoms with Gasteiger partial charge >= 0.3 is 255 Å². The summed E-state index contributed by atoms with van der Waals surface area (Å²) in [6.07, 6.45) is 0. The average Bonchev–Trinajstić information content (AvgIpc) is 3.55. The van der Waals surface area contributed by atoms with Crippen LogP contribution in [0.1, 0.15) is 30.8 Å². The zero-order chi connectivity index (χ0) is 30.7. The summed E-state index contributed by atoms with van der Waals surface area (Å²) >= 11 is -0.392. The van der Waals surface area contributed by atoms with Crippen LogP contribution in [0.15, 0.2) is 65.6 Å². The van der Waals surface area contributed by atoms with Crippen LogP contribution >= 0.6 is 0 Å². The third-order valence-electron chi connectivity index (χ3n) is 6.98. The zero-order valence-corrected chi connectivity index (χ0v) is 26.2. The summed E-state index contributed by atoms with van der Waals surface area (Å²) in [7, 11) is 9.00. The van der Waals surface area contributed by atoms with Gasteiger partial charge in [-0.15, -0.1) is 0 Å². The summed E-state index contributed by atoms with van der Waals surface area (Å²) in [6, 6.07) is 17.9. The number of ether oxygens (including phenoxy) is 6. The van der Waals surface area contributed by atoms with Crippen LogP contribution in [-0.2, 0) is 0 Å². The molecule has 0 aliphatic carbocycles. The number of hydrogen-bond acceptors (Lipinski definition) is 9. The van der Waals surface area contributed by atoms with E-state index >= 15 is 0 Å². The molecule has 0 atom stereocenters. The second-order valence-corrected chi connectivity index (χ2v) is 11.0. The minimum absolute atomic E-state index is 0.256. The van der Waals surface area contributed by atoms with E-state index < -0.39 is 14.5 Å². The molecule has 1 aromatic heterocycles. The number of hydrogen-bond donors (Lipinski definition) is 0. The number of benzene rings is 4. The minimum atomic E-state index is -0.392. The molecule has 0 amide bonds. The first-order chi connectivity index (χ1) is 20.9. The summed E-state index contributed by atoms with van der Waals surface area (Å²) in [4.78, 5) is 34.5. The number of ketones is 2. The van der Waals surface area contributed by atoms with E-state index in [-0.39, 0.29) is 11.6 Å². The second-order valence-electron chi connectivity index (χ2n) is 9.23. The number of rotatable bonds is 11. The van der Waals surface area contributed by atoms with Crippen molar-refractivity contribution in [3.8, 4) is 45.8 Å². The molecule has 4 aromatic carbocycles. The van der Waals surface area contributed by atoms with E-state index in [0.717, 1.165) is 10.8 Å². The van der Waals surface area contributed by atoms with Gasteiger partial charge in [0, 0.05) is 0 Å². The molecule has 0 unspecified atom stereocenters. The van der Waals surface area contributed by atoms with E-state index in [2.05, 4.69) is 0 Å². The van der Waals surface area contributed by atoms with Crippen molar-refractivity contribution in [2.24, 2.45) is 0 Å². The van der Waals surface area contributed by atoms with E-state index in [4.69, 9.17) is 33.4 Å². The number of nitrogens with zero attached hydrogens (tertiary/aromatic N) is 1. The molecule has 43 heavy (non-hydrogen) atoms. The van der Waals surface area contributed by atoms with Gasteiger partial charge < -0.3 is 0 Å². The summed E-state index contributed by atoms with van der Waals surface area (Å²) in [5, 5.41) is 1.78. The van der Waals surface area contributed by atoms with Crippen molar-refractivity contribution >= 4 is 36.8 Å². The normalized spacial score (nSPS) is 10.7. The van der Waals surface area contributed by atoms with Gasteiger partial charge in [-0.3, -0.25) is 0 Å². The number of carbonyl (C=O) groups excluding carboxylic acids is 2. The van der Waals surface area contributed by atoms with Crippen molar-refractivity contribution in [3.05, 3.63) is 86.9 Å². The molecule has 0 spiro atoms. The molecule has 0 bridgehead atoms. The van der Waals surface area contributed by atoms with E-state index in [9.17, 15) is 9.59 Å². The molecule has 5 rings (SSSR count). The average molecular weight is 647 g/mol. The summed E-state index contributed by atoms with van der Waals surface area (Å²) in [5.41, 5.74) is 2.35. The maximum absolute atomic E-state index is 14.1. The summed E-state index contributed by atoms with van der Waals surface area (Å²) in [5.74, 6) is 1.75. The zero-order valence-electron chi connectivity index (χ0n) is 24.5. The Kier molecular flexibility index (Phi) is 8.71. The number of carbonyl (C=O) groups is 2. The Morgan fingerprint density at radius 3 is 1.65 bits per heavy atom. The molecule has 9 nitrogen and oxygen atoms in total. The van der Waals surface area contributed by atoms with Crippen LogP contribution in [0.2, 0.25) is 0 Å². The molecule has 0 radical (unpaired) electrons. The Labute approximate surface area is 254 Å². The van der Waals surface area contributed by atoms with Gasteiger partial charge in [0.2, 0.25) is 0 Å². The fraction of sp³-hybridized carbons (Fsp3) is 0.182. The quantitative estimate of drug-likeness (QED) is 0.137. The molecule has 0 saturated heterocycles. The van der Waals surface area contributed by atoms with E-state index in [1.54, 1.807) is 30.3 Å². The van der Waals surface area contributed by atoms with Crippen molar-refractivity contribution < 1.29 is 38.0 Å². The molecular weight excluding hydrogens is 617 g/mol. The molecule has 0 aliphatic heterocycles. The van der Waals surface area contributed by atoms with Gasteiger partial charge in [0.05, 0.1) is 0 Å². The standard InChI is InChI=1S/C33H29NO8Se/c1-37-24-13-19(14-25(38-2)31(24)41-5)29(35)22-12-11-18-9-7-8-10-21(18)28(22)23-17-43-33(34-23)30(36)20-15-26(39-3)32(42-6)27(16-20)40-4/h7-17H,1-6H3. The number of aromatic nitrogens is 1. The molecule has 220 valence electrons. The van der Waals surface area contributed by atoms with Crippen LogP contribution in [0.5, 0.6) is 34.5 Å². The Morgan fingerprint density at radius 1 is 0.628 bits per heavy atom. The topological polar surface area (TPSA) is 102 Å². The second kappa shape index (κ2) is 12.6. The first-order valence-corrected chi connectivity index (χ1v) is 14.9. The van der Waals surface area contributed by atoms with Crippen LogP contribution in [0, 0.1) is 0 Å².